The lowest BCUT2D eigenvalue weighted by molar-refractivity contribution is 0.0170. The number of rotatable bonds is 6. The summed E-state index contributed by atoms with van der Waals surface area (Å²) in [5, 5.41) is 0. The van der Waals surface area contributed by atoms with Crippen molar-refractivity contribution in [2.45, 2.75) is 10.8 Å². The van der Waals surface area contributed by atoms with Gasteiger partial charge in [0.1, 0.15) is 16.5 Å². The second-order valence-electron chi connectivity index (χ2n) is 3.80. The molecule has 0 saturated heterocycles. The Hall–Kier alpha value is -0.840. The number of halogens is 4. The van der Waals surface area contributed by atoms with Gasteiger partial charge in [0.05, 0.1) is 24.7 Å². The Kier molecular flexibility index (Phi) is 5.41. The SMILES string of the molecule is COc1cc(Br)c(F)cc1S(=O)(=O)NCC(F)(F)CN. The molecule has 0 amide bonds. The van der Waals surface area contributed by atoms with E-state index >= 15 is 0 Å². The molecule has 0 fully saturated rings. The topological polar surface area (TPSA) is 81.4 Å². The predicted octanol–water partition coefficient (Wildman–Crippen LogP) is 1.47. The van der Waals surface area contributed by atoms with Crippen LogP contribution >= 0.6 is 15.9 Å². The summed E-state index contributed by atoms with van der Waals surface area (Å²) < 4.78 is 69.6. The molecule has 0 unspecified atom stereocenters. The summed E-state index contributed by atoms with van der Waals surface area (Å²) in [6, 6.07) is 1.76. The third-order valence-electron chi connectivity index (χ3n) is 2.32. The van der Waals surface area contributed by atoms with Gasteiger partial charge >= 0.3 is 0 Å². The Morgan fingerprint density at radius 3 is 2.55 bits per heavy atom. The van der Waals surface area contributed by atoms with Gasteiger partial charge in [-0.05, 0) is 28.1 Å². The number of hydrogen-bond donors (Lipinski definition) is 2. The molecule has 10 heteroatoms. The van der Waals surface area contributed by atoms with Crippen molar-refractivity contribution >= 4 is 26.0 Å². The van der Waals surface area contributed by atoms with Crippen molar-refractivity contribution in [3.63, 3.8) is 0 Å². The third-order valence-corrected chi connectivity index (χ3v) is 4.35. The number of sulfonamides is 1. The van der Waals surface area contributed by atoms with Crippen LogP contribution in [0.2, 0.25) is 0 Å². The minimum absolute atomic E-state index is 0.0133. The summed E-state index contributed by atoms with van der Waals surface area (Å²) in [7, 11) is -3.18. The molecular weight excluding hydrogens is 365 g/mol. The van der Waals surface area contributed by atoms with Gasteiger partial charge in [0, 0.05) is 0 Å². The van der Waals surface area contributed by atoms with Crippen molar-refractivity contribution in [2.24, 2.45) is 5.73 Å². The van der Waals surface area contributed by atoms with Gasteiger partial charge in [-0.1, -0.05) is 0 Å². The lowest BCUT2D eigenvalue weighted by Crippen LogP contribution is -2.41. The lowest BCUT2D eigenvalue weighted by Gasteiger charge is -2.16. The Balaban J connectivity index is 3.13. The van der Waals surface area contributed by atoms with E-state index in [1.807, 2.05) is 0 Å². The lowest BCUT2D eigenvalue weighted by atomic mass is 10.3. The zero-order valence-electron chi connectivity index (χ0n) is 10.3. The first-order valence-corrected chi connectivity index (χ1v) is 7.51. The van der Waals surface area contributed by atoms with Crippen LogP contribution in [0, 0.1) is 5.82 Å². The van der Waals surface area contributed by atoms with Crippen LogP contribution in [0.25, 0.3) is 0 Å². The summed E-state index contributed by atoms with van der Waals surface area (Å²) in [5.74, 6) is -4.44. The number of nitrogens with one attached hydrogen (secondary N) is 1. The minimum atomic E-state index is -4.36. The predicted molar refractivity (Wildman–Crippen MR) is 69.8 cm³/mol. The average Bonchev–Trinajstić information content (AvgIpc) is 2.39. The highest BCUT2D eigenvalue weighted by Gasteiger charge is 2.30. The summed E-state index contributed by atoms with van der Waals surface area (Å²) in [6.45, 7) is -2.20. The second-order valence-corrected chi connectivity index (χ2v) is 6.39. The molecule has 1 aromatic carbocycles. The van der Waals surface area contributed by atoms with Crippen LogP contribution in [0.1, 0.15) is 0 Å². The summed E-state index contributed by atoms with van der Waals surface area (Å²) in [5.41, 5.74) is 4.80. The summed E-state index contributed by atoms with van der Waals surface area (Å²) in [4.78, 5) is -0.575. The second kappa shape index (κ2) is 6.29. The fraction of sp³-hybridized carbons (Fsp3) is 0.400. The molecule has 5 nitrogen and oxygen atoms in total. The van der Waals surface area contributed by atoms with Gasteiger partial charge in [0.2, 0.25) is 10.0 Å². The Morgan fingerprint density at radius 1 is 1.45 bits per heavy atom. The van der Waals surface area contributed by atoms with Gasteiger partial charge < -0.3 is 10.5 Å². The number of alkyl halides is 2. The van der Waals surface area contributed by atoms with Crippen LogP contribution in [0.4, 0.5) is 13.2 Å². The maximum atomic E-state index is 13.4. The van der Waals surface area contributed by atoms with Crippen LogP contribution in [0.3, 0.4) is 0 Å². The van der Waals surface area contributed by atoms with Crippen LogP contribution < -0.4 is 15.2 Å². The fourth-order valence-corrected chi connectivity index (χ4v) is 2.78. The molecule has 0 atom stereocenters. The number of hydrogen-bond acceptors (Lipinski definition) is 4. The molecule has 3 N–H and O–H groups in total. The third kappa shape index (κ3) is 4.08. The van der Waals surface area contributed by atoms with Crippen LogP contribution in [0.15, 0.2) is 21.5 Å². The zero-order chi connectivity index (χ0) is 15.6. The summed E-state index contributed by atoms with van der Waals surface area (Å²) >= 11 is 2.86. The van der Waals surface area contributed by atoms with Crippen LogP contribution in [-0.2, 0) is 10.0 Å². The Bertz CT molecular complexity index is 596. The first-order chi connectivity index (χ1) is 9.13. The Morgan fingerprint density at radius 2 is 2.05 bits per heavy atom. The van der Waals surface area contributed by atoms with Crippen molar-refractivity contribution in [1.29, 1.82) is 0 Å². The quantitative estimate of drug-likeness (QED) is 0.787. The molecule has 0 aromatic heterocycles. The zero-order valence-corrected chi connectivity index (χ0v) is 12.7. The van der Waals surface area contributed by atoms with E-state index in [1.54, 1.807) is 4.72 Å². The summed E-state index contributed by atoms with van der Waals surface area (Å²) in [6.07, 6.45) is 0. The molecule has 0 radical (unpaired) electrons. The number of nitrogens with two attached hydrogens (primary N) is 1. The first-order valence-electron chi connectivity index (χ1n) is 5.23. The van der Waals surface area contributed by atoms with Crippen LogP contribution in [-0.4, -0.2) is 34.5 Å². The standard InChI is InChI=1S/C10H12BrF3N2O3S/c1-19-8-2-6(11)7(12)3-9(8)20(17,18)16-5-10(13,14)4-15/h2-3,16H,4-5,15H2,1H3. The van der Waals surface area contributed by atoms with E-state index in [4.69, 9.17) is 10.5 Å². The molecular formula is C10H12BrF3N2O3S. The van der Waals surface area contributed by atoms with Gasteiger partial charge in [-0.2, -0.15) is 0 Å². The van der Waals surface area contributed by atoms with Gasteiger partial charge in [-0.25, -0.2) is 26.3 Å². The maximum Gasteiger partial charge on any atom is 0.273 e. The number of benzene rings is 1. The molecule has 0 aliphatic heterocycles. The smallest absolute Gasteiger partial charge is 0.273 e. The molecule has 0 bridgehead atoms. The van der Waals surface area contributed by atoms with Crippen molar-refractivity contribution in [3.8, 4) is 5.75 Å². The first kappa shape index (κ1) is 17.2. The van der Waals surface area contributed by atoms with Gasteiger partial charge in [-0.15, -0.1) is 0 Å². The van der Waals surface area contributed by atoms with Crippen LogP contribution in [0.5, 0.6) is 5.75 Å². The minimum Gasteiger partial charge on any atom is -0.495 e. The number of ether oxygens (including phenoxy) is 1. The van der Waals surface area contributed by atoms with Gasteiger partial charge in [-0.3, -0.25) is 0 Å². The van der Waals surface area contributed by atoms with Crippen molar-refractivity contribution < 1.29 is 26.3 Å². The molecule has 114 valence electrons. The highest BCUT2D eigenvalue weighted by atomic mass is 79.9. The Labute approximate surface area is 122 Å². The molecule has 0 aliphatic rings. The largest absolute Gasteiger partial charge is 0.495 e. The molecule has 20 heavy (non-hydrogen) atoms. The van der Waals surface area contributed by atoms with Crippen molar-refractivity contribution in [2.75, 3.05) is 20.2 Å². The van der Waals surface area contributed by atoms with E-state index < -0.39 is 39.7 Å². The van der Waals surface area contributed by atoms with E-state index in [-0.39, 0.29) is 10.2 Å². The monoisotopic (exact) mass is 376 g/mol. The highest BCUT2D eigenvalue weighted by molar-refractivity contribution is 9.10. The maximum absolute atomic E-state index is 13.4. The van der Waals surface area contributed by atoms with E-state index in [0.717, 1.165) is 6.07 Å². The molecule has 0 aliphatic carbocycles. The highest BCUT2D eigenvalue weighted by Crippen LogP contribution is 2.30. The van der Waals surface area contributed by atoms with Crippen molar-refractivity contribution in [1.82, 2.24) is 4.72 Å². The molecule has 1 rings (SSSR count). The fourth-order valence-electron chi connectivity index (χ4n) is 1.23. The van der Waals surface area contributed by atoms with Gasteiger partial charge in [0.25, 0.3) is 5.92 Å². The number of methoxy groups -OCH3 is 1. The molecule has 0 heterocycles. The molecule has 1 aromatic rings. The van der Waals surface area contributed by atoms with Gasteiger partial charge in [0.15, 0.2) is 0 Å². The van der Waals surface area contributed by atoms with E-state index in [1.165, 1.54) is 7.11 Å². The van der Waals surface area contributed by atoms with E-state index in [2.05, 4.69) is 15.9 Å². The van der Waals surface area contributed by atoms with E-state index in [0.29, 0.717) is 6.07 Å². The molecule has 0 spiro atoms. The average molecular weight is 377 g/mol. The van der Waals surface area contributed by atoms with E-state index in [9.17, 15) is 21.6 Å². The molecule has 0 saturated carbocycles. The normalized spacial score (nSPS) is 12.5. The van der Waals surface area contributed by atoms with Crippen molar-refractivity contribution in [3.05, 3.63) is 22.4 Å².